The van der Waals surface area contributed by atoms with Crippen LogP contribution in [0.2, 0.25) is 0 Å². The highest BCUT2D eigenvalue weighted by Crippen LogP contribution is 2.19. The number of esters is 2. The molecule has 19 heavy (non-hydrogen) atoms. The molecule has 0 aliphatic carbocycles. The lowest BCUT2D eigenvalue weighted by molar-refractivity contribution is -0.163. The van der Waals surface area contributed by atoms with E-state index < -0.39 is 23.9 Å². The number of rotatable bonds is 5. The zero-order valence-corrected chi connectivity index (χ0v) is 11.4. The molecule has 1 aliphatic heterocycles. The van der Waals surface area contributed by atoms with Crippen molar-refractivity contribution < 1.29 is 23.9 Å². The van der Waals surface area contributed by atoms with Gasteiger partial charge in [0.1, 0.15) is 0 Å². The number of nitrogens with one attached hydrogen (secondary N) is 1. The van der Waals surface area contributed by atoms with Gasteiger partial charge in [-0.05, 0) is 26.7 Å². The van der Waals surface area contributed by atoms with Crippen LogP contribution in [0.5, 0.6) is 0 Å². The first-order chi connectivity index (χ1) is 9.10. The Bertz CT molecular complexity index is 324. The fourth-order valence-electron chi connectivity index (χ4n) is 2.14. The maximum atomic E-state index is 11.9. The second kappa shape index (κ2) is 7.76. The number of ether oxygens (including phenoxy) is 2. The van der Waals surface area contributed by atoms with Gasteiger partial charge in [-0.3, -0.25) is 14.4 Å². The van der Waals surface area contributed by atoms with E-state index in [0.29, 0.717) is 12.8 Å². The SMILES string of the molecule is CCOC(=O)C(C(=O)OCC)C1CCCCC(=O)N1. The summed E-state index contributed by atoms with van der Waals surface area (Å²) in [7, 11) is 0. The third-order valence-corrected chi connectivity index (χ3v) is 3.00. The summed E-state index contributed by atoms with van der Waals surface area (Å²) in [6, 6.07) is -0.534. The van der Waals surface area contributed by atoms with Crippen molar-refractivity contribution in [1.29, 1.82) is 0 Å². The molecule has 1 fully saturated rings. The fourth-order valence-corrected chi connectivity index (χ4v) is 2.14. The van der Waals surface area contributed by atoms with E-state index in [1.807, 2.05) is 0 Å². The standard InChI is InChI=1S/C13H21NO5/c1-3-18-12(16)11(13(17)19-4-2)9-7-5-6-8-10(15)14-9/h9,11H,3-8H2,1-2H3,(H,14,15). The molecule has 1 heterocycles. The van der Waals surface area contributed by atoms with E-state index in [9.17, 15) is 14.4 Å². The van der Waals surface area contributed by atoms with Gasteiger partial charge >= 0.3 is 11.9 Å². The van der Waals surface area contributed by atoms with Crippen LogP contribution in [0.15, 0.2) is 0 Å². The maximum Gasteiger partial charge on any atom is 0.322 e. The van der Waals surface area contributed by atoms with Crippen molar-refractivity contribution in [2.75, 3.05) is 13.2 Å². The van der Waals surface area contributed by atoms with Crippen molar-refractivity contribution in [2.45, 2.75) is 45.6 Å². The molecular weight excluding hydrogens is 250 g/mol. The predicted octanol–water partition coefficient (Wildman–Crippen LogP) is 0.788. The molecule has 6 heteroatoms. The monoisotopic (exact) mass is 271 g/mol. The molecule has 0 aromatic rings. The Morgan fingerprint density at radius 3 is 2.32 bits per heavy atom. The summed E-state index contributed by atoms with van der Waals surface area (Å²) in [5.41, 5.74) is 0. The average molecular weight is 271 g/mol. The Kier molecular flexibility index (Phi) is 6.32. The Morgan fingerprint density at radius 2 is 1.79 bits per heavy atom. The predicted molar refractivity (Wildman–Crippen MR) is 67.2 cm³/mol. The molecule has 1 amide bonds. The largest absolute Gasteiger partial charge is 0.465 e. The molecule has 1 N–H and O–H groups in total. The van der Waals surface area contributed by atoms with Crippen LogP contribution in [0.25, 0.3) is 0 Å². The molecule has 1 saturated heterocycles. The fraction of sp³-hybridized carbons (Fsp3) is 0.769. The molecule has 1 unspecified atom stereocenters. The van der Waals surface area contributed by atoms with Crippen molar-refractivity contribution in [1.82, 2.24) is 5.32 Å². The molecule has 1 atom stereocenters. The van der Waals surface area contributed by atoms with Crippen LogP contribution in [0.1, 0.15) is 39.5 Å². The normalized spacial score (nSPS) is 19.5. The minimum absolute atomic E-state index is 0.138. The van der Waals surface area contributed by atoms with Crippen molar-refractivity contribution in [3.05, 3.63) is 0 Å². The molecule has 0 bridgehead atoms. The number of amides is 1. The van der Waals surface area contributed by atoms with Gasteiger partial charge in [-0.25, -0.2) is 0 Å². The van der Waals surface area contributed by atoms with Crippen molar-refractivity contribution >= 4 is 17.8 Å². The molecule has 0 aromatic heterocycles. The zero-order valence-electron chi connectivity index (χ0n) is 11.4. The average Bonchev–Trinajstić information content (AvgIpc) is 2.55. The van der Waals surface area contributed by atoms with Gasteiger partial charge in [-0.15, -0.1) is 0 Å². The summed E-state index contributed by atoms with van der Waals surface area (Å²) < 4.78 is 9.82. The van der Waals surface area contributed by atoms with E-state index in [1.165, 1.54) is 0 Å². The van der Waals surface area contributed by atoms with E-state index >= 15 is 0 Å². The summed E-state index contributed by atoms with van der Waals surface area (Å²) in [6.07, 6.45) is 2.56. The van der Waals surface area contributed by atoms with Crippen LogP contribution in [-0.2, 0) is 23.9 Å². The molecule has 1 aliphatic rings. The van der Waals surface area contributed by atoms with E-state index in [1.54, 1.807) is 13.8 Å². The number of hydrogen-bond donors (Lipinski definition) is 1. The van der Waals surface area contributed by atoms with Gasteiger partial charge in [-0.2, -0.15) is 0 Å². The highest BCUT2D eigenvalue weighted by Gasteiger charge is 2.38. The van der Waals surface area contributed by atoms with E-state index in [-0.39, 0.29) is 19.1 Å². The van der Waals surface area contributed by atoms with Gasteiger partial charge in [0, 0.05) is 6.42 Å². The first kappa shape index (κ1) is 15.5. The van der Waals surface area contributed by atoms with Crippen molar-refractivity contribution in [3.8, 4) is 0 Å². The Hall–Kier alpha value is -1.59. The summed E-state index contributed by atoms with van der Waals surface area (Å²) in [5.74, 6) is -2.47. The molecule has 6 nitrogen and oxygen atoms in total. The zero-order chi connectivity index (χ0) is 14.3. The molecule has 0 spiro atoms. The second-order valence-corrected chi connectivity index (χ2v) is 4.40. The summed E-state index contributed by atoms with van der Waals surface area (Å²) in [4.78, 5) is 35.4. The second-order valence-electron chi connectivity index (χ2n) is 4.40. The van der Waals surface area contributed by atoms with Crippen LogP contribution < -0.4 is 5.32 Å². The lowest BCUT2D eigenvalue weighted by Crippen LogP contribution is -2.47. The third-order valence-electron chi connectivity index (χ3n) is 3.00. The quantitative estimate of drug-likeness (QED) is 0.590. The molecule has 1 rings (SSSR count). The minimum atomic E-state index is -1.07. The highest BCUT2D eigenvalue weighted by molar-refractivity contribution is 5.96. The lowest BCUT2D eigenvalue weighted by atomic mass is 9.95. The van der Waals surface area contributed by atoms with Crippen LogP contribution in [0.4, 0.5) is 0 Å². The first-order valence-electron chi connectivity index (χ1n) is 6.72. The van der Waals surface area contributed by atoms with Gasteiger partial charge < -0.3 is 14.8 Å². The van der Waals surface area contributed by atoms with Crippen molar-refractivity contribution in [3.63, 3.8) is 0 Å². The lowest BCUT2D eigenvalue weighted by Gasteiger charge is -2.23. The summed E-state index contributed by atoms with van der Waals surface area (Å²) in [5, 5.41) is 2.72. The smallest absolute Gasteiger partial charge is 0.322 e. The maximum absolute atomic E-state index is 11.9. The Morgan fingerprint density at radius 1 is 1.21 bits per heavy atom. The number of carbonyl (C=O) groups excluding carboxylic acids is 3. The Labute approximate surface area is 112 Å². The molecule has 0 saturated carbocycles. The molecular formula is C13H21NO5. The van der Waals surface area contributed by atoms with Crippen LogP contribution >= 0.6 is 0 Å². The first-order valence-corrected chi connectivity index (χ1v) is 6.72. The van der Waals surface area contributed by atoms with Gasteiger partial charge in [0.15, 0.2) is 5.92 Å². The van der Waals surface area contributed by atoms with E-state index in [4.69, 9.17) is 9.47 Å². The minimum Gasteiger partial charge on any atom is -0.465 e. The summed E-state index contributed by atoms with van der Waals surface area (Å²) >= 11 is 0. The van der Waals surface area contributed by atoms with Gasteiger partial charge in [-0.1, -0.05) is 6.42 Å². The Balaban J connectivity index is 2.83. The van der Waals surface area contributed by atoms with Crippen molar-refractivity contribution in [2.24, 2.45) is 5.92 Å². The van der Waals surface area contributed by atoms with Crippen LogP contribution in [0, 0.1) is 5.92 Å². The molecule has 0 radical (unpaired) electrons. The molecule has 108 valence electrons. The van der Waals surface area contributed by atoms with Gasteiger partial charge in [0.05, 0.1) is 19.3 Å². The van der Waals surface area contributed by atoms with Crippen LogP contribution in [-0.4, -0.2) is 37.1 Å². The molecule has 0 aromatic carbocycles. The van der Waals surface area contributed by atoms with Gasteiger partial charge in [0.25, 0.3) is 0 Å². The summed E-state index contributed by atoms with van der Waals surface area (Å²) in [6.45, 7) is 3.72. The number of carbonyl (C=O) groups is 3. The van der Waals surface area contributed by atoms with Gasteiger partial charge in [0.2, 0.25) is 5.91 Å². The third kappa shape index (κ3) is 4.54. The van der Waals surface area contributed by atoms with Crippen LogP contribution in [0.3, 0.4) is 0 Å². The van der Waals surface area contributed by atoms with E-state index in [2.05, 4.69) is 5.32 Å². The highest BCUT2D eigenvalue weighted by atomic mass is 16.6. The van der Waals surface area contributed by atoms with E-state index in [0.717, 1.165) is 12.8 Å². The number of hydrogen-bond acceptors (Lipinski definition) is 5. The topological polar surface area (TPSA) is 81.7 Å².